The molecule has 6 aromatic carbocycles. The average Bonchev–Trinajstić information content (AvgIpc) is 1.30. The third-order valence-corrected chi connectivity index (χ3v) is 19.4. The lowest BCUT2D eigenvalue weighted by Gasteiger charge is -2.26. The number of pyridine rings is 3. The standard InChI is InChI=1S/C26H23F3N4O2.C25H22F4N4O.C24H22ClFN4O/c27-26(28,29)20-3-1-17(2-4-20)18-7-8-32(25(34)12-18)21-5-6-24-19(11-21)14-30-33(24)10-9-31-15-23-13-22(31)16-35-23;26-22-15-19(25(27,28)29)3-5-21(22)17-7-10-32(24(34)14-17)20-4-6-23-18(13-20)16-30-33(23)12-11-31-8-1-2-9-31;25-19-3-5-21(22(26)15-19)17-7-10-29(24(31)14-17)20-4-6-23-18(13-20)16-27-30(23)12-11-28-8-1-2-9-28/h1-8,11-12,14,22-23H,9-10,13,15-16H2;3-7,10,13-16H,1-2,8-9,11-12H2;3-7,10,13-16H,1-2,8-9,11-12H2. The first-order valence-corrected chi connectivity index (χ1v) is 33.5. The second-order valence-corrected chi connectivity index (χ2v) is 26.0. The van der Waals surface area contributed by atoms with Crippen LogP contribution in [0, 0.1) is 11.6 Å². The van der Waals surface area contributed by atoms with Crippen molar-refractivity contribution in [1.82, 2.24) is 57.7 Å². The van der Waals surface area contributed by atoms with Crippen LogP contribution in [0.3, 0.4) is 0 Å². The Balaban J connectivity index is 0.000000128. The summed E-state index contributed by atoms with van der Waals surface area (Å²) in [5.74, 6) is -1.48. The fraction of sp³-hybridized carbons (Fsp3) is 0.280. The van der Waals surface area contributed by atoms with E-state index in [0.717, 1.165) is 135 Å². The predicted octanol–water partition coefficient (Wildman–Crippen LogP) is 14.2. The molecule has 514 valence electrons. The number of morpholine rings is 1. The Morgan fingerprint density at radius 2 is 0.860 bits per heavy atom. The highest BCUT2D eigenvalue weighted by molar-refractivity contribution is 6.30. The van der Waals surface area contributed by atoms with Gasteiger partial charge in [-0.15, -0.1) is 0 Å². The zero-order valence-corrected chi connectivity index (χ0v) is 54.7. The highest BCUT2D eigenvalue weighted by Gasteiger charge is 2.39. The van der Waals surface area contributed by atoms with Crippen LogP contribution in [-0.4, -0.2) is 129 Å². The van der Waals surface area contributed by atoms with Crippen LogP contribution in [-0.2, 0) is 36.7 Å². The van der Waals surface area contributed by atoms with Gasteiger partial charge in [0, 0.05) is 118 Å². The minimum Gasteiger partial charge on any atom is -0.375 e. The molecule has 16 rings (SSSR count). The molecule has 0 saturated carbocycles. The number of fused-ring (bicyclic) bond motifs is 5. The highest BCUT2D eigenvalue weighted by Crippen LogP contribution is 2.35. The van der Waals surface area contributed by atoms with Crippen molar-refractivity contribution in [3.05, 3.63) is 248 Å². The summed E-state index contributed by atoms with van der Waals surface area (Å²) in [6.45, 7) is 11.7. The van der Waals surface area contributed by atoms with Crippen molar-refractivity contribution in [2.75, 3.05) is 59.0 Å². The summed E-state index contributed by atoms with van der Waals surface area (Å²) in [6, 6.07) is 38.3. The maximum Gasteiger partial charge on any atom is 0.416 e. The fourth-order valence-corrected chi connectivity index (χ4v) is 13.9. The molecule has 0 aliphatic carbocycles. The predicted molar refractivity (Wildman–Crippen MR) is 368 cm³/mol. The summed E-state index contributed by atoms with van der Waals surface area (Å²) in [6.07, 6.45) is 7.72. The second kappa shape index (κ2) is 28.4. The topological polar surface area (TPSA) is 138 Å². The summed E-state index contributed by atoms with van der Waals surface area (Å²) >= 11 is 5.83. The normalized spacial score (nSPS) is 16.6. The van der Waals surface area contributed by atoms with Gasteiger partial charge in [0.2, 0.25) is 0 Å². The molecule has 2 atom stereocenters. The van der Waals surface area contributed by atoms with Crippen LogP contribution in [0.1, 0.15) is 43.2 Å². The van der Waals surface area contributed by atoms with E-state index in [1.165, 1.54) is 96.6 Å². The first kappa shape index (κ1) is 67.3. The molecule has 2 bridgehead atoms. The lowest BCUT2D eigenvalue weighted by molar-refractivity contribution is -0.138. The number of rotatable bonds is 15. The first-order valence-electron chi connectivity index (χ1n) is 33.1. The van der Waals surface area contributed by atoms with E-state index in [1.807, 2.05) is 74.8 Å². The van der Waals surface area contributed by atoms with E-state index in [2.05, 4.69) is 30.0 Å². The Morgan fingerprint density at radius 3 is 1.27 bits per heavy atom. The third kappa shape index (κ3) is 14.7. The van der Waals surface area contributed by atoms with Crippen LogP contribution < -0.4 is 16.7 Å². The minimum absolute atomic E-state index is 0.0630. The number of benzene rings is 6. The van der Waals surface area contributed by atoms with Gasteiger partial charge in [-0.25, -0.2) is 8.78 Å². The Labute approximate surface area is 572 Å². The summed E-state index contributed by atoms with van der Waals surface area (Å²) in [4.78, 5) is 45.7. The molecule has 0 N–H and O–H groups in total. The van der Waals surface area contributed by atoms with Gasteiger partial charge in [0.05, 0.1) is 78.6 Å². The van der Waals surface area contributed by atoms with Crippen LogP contribution >= 0.6 is 11.6 Å². The van der Waals surface area contributed by atoms with Gasteiger partial charge >= 0.3 is 12.4 Å². The Kier molecular flexibility index (Phi) is 19.1. The molecule has 16 nitrogen and oxygen atoms in total. The molecule has 4 fully saturated rings. The SMILES string of the molecule is O=c1cc(-c2ccc(C(F)(F)F)cc2)ccn1-c1ccc2c(cnn2CCN2CC3CC2CO3)c1.O=c1cc(-c2ccc(C(F)(F)F)cc2F)ccn1-c1ccc2c(cnn2CCN2CCCC2)c1.O=c1cc(-c2ccc(Cl)cc2F)ccn1-c1ccc2c(cnn2CCN2CCCC2)c1. The zero-order valence-electron chi connectivity index (χ0n) is 54.0. The van der Waals surface area contributed by atoms with Gasteiger partial charge in [0.25, 0.3) is 16.7 Å². The first-order chi connectivity index (χ1) is 48.2. The van der Waals surface area contributed by atoms with Crippen molar-refractivity contribution < 1.29 is 39.9 Å². The van der Waals surface area contributed by atoms with E-state index in [1.54, 1.807) is 53.6 Å². The number of ether oxygens (including phenoxy) is 1. The molecular weight excluding hydrogens is 1320 g/mol. The minimum atomic E-state index is -4.64. The lowest BCUT2D eigenvalue weighted by atomic mass is 10.0. The number of hydrogen-bond donors (Lipinski definition) is 0. The number of alkyl halides is 6. The molecular formula is C75H67ClF8N12O4. The maximum atomic E-state index is 14.3. The Morgan fingerprint density at radius 1 is 0.440 bits per heavy atom. The van der Waals surface area contributed by atoms with Gasteiger partial charge in [-0.1, -0.05) is 29.8 Å². The van der Waals surface area contributed by atoms with Gasteiger partial charge in [-0.05, 0) is 196 Å². The van der Waals surface area contributed by atoms with Gasteiger partial charge in [0.1, 0.15) is 11.6 Å². The monoisotopic (exact) mass is 1390 g/mol. The van der Waals surface area contributed by atoms with Crippen LogP contribution in [0.2, 0.25) is 5.02 Å². The van der Waals surface area contributed by atoms with Crippen LogP contribution in [0.15, 0.2) is 203 Å². The molecule has 4 aliphatic rings. The fourth-order valence-electron chi connectivity index (χ4n) is 13.8. The summed E-state index contributed by atoms with van der Waals surface area (Å²) in [7, 11) is 0. The number of likely N-dealkylation sites (tertiary alicyclic amines) is 3. The third-order valence-electron chi connectivity index (χ3n) is 19.1. The van der Waals surface area contributed by atoms with Crippen LogP contribution in [0.4, 0.5) is 35.1 Å². The smallest absolute Gasteiger partial charge is 0.375 e. The lowest BCUT2D eigenvalue weighted by Crippen LogP contribution is -2.38. The second-order valence-electron chi connectivity index (χ2n) is 25.5. The van der Waals surface area contributed by atoms with Gasteiger partial charge in [0.15, 0.2) is 0 Å². The summed E-state index contributed by atoms with van der Waals surface area (Å²) in [5.41, 5.74) is 4.54. The number of nitrogens with zero attached hydrogens (tertiary/aromatic N) is 12. The number of aromatic nitrogens is 9. The molecule has 0 spiro atoms. The van der Waals surface area contributed by atoms with E-state index in [9.17, 15) is 49.5 Å². The summed E-state index contributed by atoms with van der Waals surface area (Å²) < 4.78 is 122. The van der Waals surface area contributed by atoms with Crippen molar-refractivity contribution in [1.29, 1.82) is 0 Å². The number of hydrogen-bond acceptors (Lipinski definition) is 10. The van der Waals surface area contributed by atoms with Gasteiger partial charge in [-0.3, -0.25) is 47.0 Å². The number of halogens is 9. The molecule has 2 unspecified atom stereocenters. The molecule has 100 heavy (non-hydrogen) atoms. The van der Waals surface area contributed by atoms with Gasteiger partial charge in [-0.2, -0.15) is 41.6 Å². The highest BCUT2D eigenvalue weighted by atomic mass is 35.5. The van der Waals surface area contributed by atoms with Gasteiger partial charge < -0.3 is 14.5 Å². The molecule has 0 amide bonds. The molecule has 10 heterocycles. The van der Waals surface area contributed by atoms with Crippen LogP contribution in [0.5, 0.6) is 0 Å². The molecule has 4 saturated heterocycles. The van der Waals surface area contributed by atoms with Crippen molar-refractivity contribution in [3.63, 3.8) is 0 Å². The molecule has 25 heteroatoms. The Hall–Kier alpha value is -9.85. The van der Waals surface area contributed by atoms with E-state index in [0.29, 0.717) is 56.9 Å². The van der Waals surface area contributed by atoms with E-state index in [-0.39, 0.29) is 22.2 Å². The van der Waals surface area contributed by atoms with Crippen molar-refractivity contribution >= 4 is 44.3 Å². The van der Waals surface area contributed by atoms with E-state index in [4.69, 9.17) is 16.3 Å². The van der Waals surface area contributed by atoms with Crippen molar-refractivity contribution in [2.45, 2.75) is 76.2 Å². The molecule has 12 aromatic rings. The van der Waals surface area contributed by atoms with E-state index >= 15 is 0 Å². The Bertz CT molecular complexity index is 5160. The van der Waals surface area contributed by atoms with E-state index < -0.39 is 40.7 Å². The largest absolute Gasteiger partial charge is 0.416 e. The quantitative estimate of drug-likeness (QED) is 0.0912. The summed E-state index contributed by atoms with van der Waals surface area (Å²) in [5, 5.41) is 16.7. The molecule has 4 aliphatic heterocycles. The molecule has 0 radical (unpaired) electrons. The van der Waals surface area contributed by atoms with Crippen molar-refractivity contribution in [2.24, 2.45) is 0 Å². The average molecular weight is 1390 g/mol. The molecule has 6 aromatic heterocycles. The zero-order chi connectivity index (χ0) is 69.4. The van der Waals surface area contributed by atoms with Crippen molar-refractivity contribution in [3.8, 4) is 50.4 Å². The maximum absolute atomic E-state index is 14.3. The van der Waals surface area contributed by atoms with Crippen LogP contribution in [0.25, 0.3) is 83.2 Å².